The number of hydrogen-bond acceptors (Lipinski definition) is 6. The Morgan fingerprint density at radius 1 is 1.23 bits per heavy atom. The maximum Gasteiger partial charge on any atom is 0.314 e. The van der Waals surface area contributed by atoms with E-state index in [0.29, 0.717) is 21.8 Å². The molecule has 0 spiro atoms. The average molecular weight is 450 g/mol. The number of ether oxygens (including phenoxy) is 1. The van der Waals surface area contributed by atoms with Crippen LogP contribution in [0, 0.1) is 5.92 Å². The number of rotatable bonds is 7. The molecule has 3 aromatic rings. The van der Waals surface area contributed by atoms with Gasteiger partial charge in [-0.2, -0.15) is 9.78 Å². The molecule has 0 aliphatic rings. The lowest BCUT2D eigenvalue weighted by molar-refractivity contribution is 0.173. The number of aromatic nitrogens is 2. The minimum absolute atomic E-state index is 0.0219. The number of halogens is 1. The number of aliphatic hydroxyl groups excluding tert-OH is 1. The van der Waals surface area contributed by atoms with Gasteiger partial charge in [0, 0.05) is 23.1 Å². The van der Waals surface area contributed by atoms with E-state index in [1.807, 2.05) is 0 Å². The van der Waals surface area contributed by atoms with Crippen LogP contribution in [0.2, 0.25) is 5.02 Å². The molecule has 1 atom stereocenters. The summed E-state index contributed by atoms with van der Waals surface area (Å²) < 4.78 is 29.9. The van der Waals surface area contributed by atoms with E-state index >= 15 is 0 Å². The van der Waals surface area contributed by atoms with Gasteiger partial charge in [-0.15, -0.1) is 0 Å². The van der Waals surface area contributed by atoms with Crippen molar-refractivity contribution in [2.75, 3.05) is 13.2 Å². The van der Waals surface area contributed by atoms with Gasteiger partial charge in [0.05, 0.1) is 23.4 Å². The van der Waals surface area contributed by atoms with Crippen molar-refractivity contribution >= 4 is 21.6 Å². The third-order valence-corrected chi connectivity index (χ3v) is 5.47. The summed E-state index contributed by atoms with van der Waals surface area (Å²) in [5.41, 5.74) is 0.848. The quantitative estimate of drug-likeness (QED) is 0.569. The SMILES string of the molecule is C[C@H](CO)COc1c(-c2ccc(S(N)(=O)=O)cc2)cnn(-c2cccc(Cl)c2)c1=O. The van der Waals surface area contributed by atoms with Crippen LogP contribution in [0.4, 0.5) is 0 Å². The number of primary sulfonamides is 1. The van der Waals surface area contributed by atoms with Crippen LogP contribution >= 0.6 is 11.6 Å². The highest BCUT2D eigenvalue weighted by atomic mass is 35.5. The number of hydrogen-bond donors (Lipinski definition) is 2. The molecule has 10 heteroatoms. The predicted molar refractivity (Wildman–Crippen MR) is 113 cm³/mol. The molecule has 0 saturated carbocycles. The van der Waals surface area contributed by atoms with Gasteiger partial charge in [-0.25, -0.2) is 13.6 Å². The van der Waals surface area contributed by atoms with E-state index in [0.717, 1.165) is 4.68 Å². The smallest absolute Gasteiger partial charge is 0.314 e. The van der Waals surface area contributed by atoms with E-state index in [1.165, 1.54) is 30.5 Å². The van der Waals surface area contributed by atoms with Gasteiger partial charge in [-0.05, 0) is 35.9 Å². The molecule has 0 bridgehead atoms. The van der Waals surface area contributed by atoms with Crippen LogP contribution in [0.1, 0.15) is 6.92 Å². The van der Waals surface area contributed by atoms with Gasteiger partial charge < -0.3 is 9.84 Å². The van der Waals surface area contributed by atoms with Gasteiger partial charge in [0.1, 0.15) is 0 Å². The van der Waals surface area contributed by atoms with Crippen LogP contribution < -0.4 is 15.4 Å². The lowest BCUT2D eigenvalue weighted by atomic mass is 10.1. The highest BCUT2D eigenvalue weighted by molar-refractivity contribution is 7.89. The summed E-state index contributed by atoms with van der Waals surface area (Å²) in [6.07, 6.45) is 1.45. The molecule has 3 rings (SSSR count). The van der Waals surface area contributed by atoms with Gasteiger partial charge in [-0.1, -0.05) is 36.7 Å². The van der Waals surface area contributed by atoms with Gasteiger partial charge in [-0.3, -0.25) is 4.79 Å². The molecule has 0 saturated heterocycles. The molecule has 0 fully saturated rings. The molecule has 8 nitrogen and oxygen atoms in total. The second kappa shape index (κ2) is 8.97. The standard InChI is InChI=1S/C20H20ClN3O5S/c1-13(11-25)12-29-19-18(14-5-7-17(8-6-14)30(22,27)28)10-23-24(20(19)26)16-4-2-3-15(21)9-16/h2-10,13,25H,11-12H2,1H3,(H2,22,27,28)/t13-/m1/s1. The van der Waals surface area contributed by atoms with Crippen LogP contribution in [0.5, 0.6) is 5.75 Å². The summed E-state index contributed by atoms with van der Waals surface area (Å²) in [6.45, 7) is 1.77. The minimum atomic E-state index is -3.84. The van der Waals surface area contributed by atoms with Crippen LogP contribution in [0.15, 0.2) is 64.4 Å². The molecular formula is C20H20ClN3O5S. The zero-order chi connectivity index (χ0) is 21.9. The zero-order valence-electron chi connectivity index (χ0n) is 16.0. The summed E-state index contributed by atoms with van der Waals surface area (Å²) in [6, 6.07) is 12.4. The second-order valence-electron chi connectivity index (χ2n) is 6.75. The van der Waals surface area contributed by atoms with Gasteiger partial charge in [0.2, 0.25) is 10.0 Å². The number of nitrogens with two attached hydrogens (primary N) is 1. The van der Waals surface area contributed by atoms with Crippen molar-refractivity contribution < 1.29 is 18.3 Å². The lowest BCUT2D eigenvalue weighted by Crippen LogP contribution is -2.25. The third-order valence-electron chi connectivity index (χ3n) is 4.30. The Morgan fingerprint density at radius 2 is 1.93 bits per heavy atom. The Balaban J connectivity index is 2.12. The highest BCUT2D eigenvalue weighted by Crippen LogP contribution is 2.28. The van der Waals surface area contributed by atoms with E-state index in [1.54, 1.807) is 31.2 Å². The van der Waals surface area contributed by atoms with Gasteiger partial charge in [0.15, 0.2) is 5.75 Å². The molecular weight excluding hydrogens is 430 g/mol. The summed E-state index contributed by atoms with van der Waals surface area (Å²) in [5, 5.41) is 19.1. The van der Waals surface area contributed by atoms with Crippen molar-refractivity contribution in [2.45, 2.75) is 11.8 Å². The number of aliphatic hydroxyl groups is 1. The van der Waals surface area contributed by atoms with Gasteiger partial charge >= 0.3 is 5.56 Å². The summed E-state index contributed by atoms with van der Waals surface area (Å²) >= 11 is 6.03. The molecule has 2 aromatic carbocycles. The third kappa shape index (κ3) is 4.88. The monoisotopic (exact) mass is 449 g/mol. The van der Waals surface area contributed by atoms with Crippen molar-refractivity contribution in [3.63, 3.8) is 0 Å². The maximum absolute atomic E-state index is 13.2. The Morgan fingerprint density at radius 3 is 2.53 bits per heavy atom. The molecule has 0 radical (unpaired) electrons. The molecule has 0 aliphatic heterocycles. The summed E-state index contributed by atoms with van der Waals surface area (Å²) in [7, 11) is -3.84. The van der Waals surface area contributed by atoms with Crippen molar-refractivity contribution in [3.8, 4) is 22.6 Å². The Kier molecular flexibility index (Phi) is 6.57. The molecule has 3 N–H and O–H groups in total. The van der Waals surface area contributed by atoms with Crippen LogP contribution in [-0.2, 0) is 10.0 Å². The van der Waals surface area contributed by atoms with Gasteiger partial charge in [0.25, 0.3) is 0 Å². The first-order valence-corrected chi connectivity index (χ1v) is 10.9. The largest absolute Gasteiger partial charge is 0.487 e. The first-order chi connectivity index (χ1) is 14.2. The second-order valence-corrected chi connectivity index (χ2v) is 8.75. The fraction of sp³-hybridized carbons (Fsp3) is 0.200. The van der Waals surface area contributed by atoms with E-state index in [2.05, 4.69) is 5.10 Å². The molecule has 158 valence electrons. The maximum atomic E-state index is 13.2. The highest BCUT2D eigenvalue weighted by Gasteiger charge is 2.18. The topological polar surface area (TPSA) is 125 Å². The van der Waals surface area contributed by atoms with Crippen LogP contribution in [0.25, 0.3) is 16.8 Å². The normalized spacial score (nSPS) is 12.5. The molecule has 0 aliphatic carbocycles. The first kappa shape index (κ1) is 22.0. The Bertz CT molecular complexity index is 1210. The van der Waals surface area contributed by atoms with E-state index in [4.69, 9.17) is 21.5 Å². The van der Waals surface area contributed by atoms with E-state index < -0.39 is 15.6 Å². The summed E-state index contributed by atoms with van der Waals surface area (Å²) in [4.78, 5) is 13.1. The fourth-order valence-corrected chi connectivity index (χ4v) is 3.38. The minimum Gasteiger partial charge on any atom is -0.487 e. The van der Waals surface area contributed by atoms with Crippen molar-refractivity contribution in [2.24, 2.45) is 11.1 Å². The average Bonchev–Trinajstić information content (AvgIpc) is 2.71. The van der Waals surface area contributed by atoms with Crippen LogP contribution in [-0.4, -0.2) is 36.5 Å². The molecule has 1 heterocycles. The number of nitrogens with zero attached hydrogens (tertiary/aromatic N) is 2. The first-order valence-electron chi connectivity index (χ1n) is 8.96. The molecule has 1 aromatic heterocycles. The number of benzene rings is 2. The van der Waals surface area contributed by atoms with E-state index in [9.17, 15) is 18.3 Å². The van der Waals surface area contributed by atoms with Crippen LogP contribution in [0.3, 0.4) is 0 Å². The summed E-state index contributed by atoms with van der Waals surface area (Å²) in [5.74, 6) is -0.177. The van der Waals surface area contributed by atoms with Crippen molar-refractivity contribution in [3.05, 3.63) is 70.1 Å². The van der Waals surface area contributed by atoms with Crippen molar-refractivity contribution in [1.29, 1.82) is 0 Å². The Hall–Kier alpha value is -2.72. The fourth-order valence-electron chi connectivity index (χ4n) is 2.68. The lowest BCUT2D eigenvalue weighted by Gasteiger charge is -2.15. The Labute approximate surface area is 178 Å². The predicted octanol–water partition coefficient (Wildman–Crippen LogP) is 2.21. The zero-order valence-corrected chi connectivity index (χ0v) is 17.6. The molecule has 0 unspecified atom stereocenters. The van der Waals surface area contributed by atoms with Crippen molar-refractivity contribution in [1.82, 2.24) is 9.78 Å². The molecule has 0 amide bonds. The number of sulfonamides is 1. The molecule has 30 heavy (non-hydrogen) atoms. The van der Waals surface area contributed by atoms with E-state index in [-0.39, 0.29) is 29.8 Å².